The van der Waals surface area contributed by atoms with Gasteiger partial charge in [0.2, 0.25) is 0 Å². The summed E-state index contributed by atoms with van der Waals surface area (Å²) < 4.78 is 43.7. The van der Waals surface area contributed by atoms with Crippen LogP contribution in [0.25, 0.3) is 21.9 Å². The molecule has 4 heterocycles. The van der Waals surface area contributed by atoms with Gasteiger partial charge < -0.3 is 19.7 Å². The highest BCUT2D eigenvalue weighted by Crippen LogP contribution is 2.57. The van der Waals surface area contributed by atoms with E-state index in [1.165, 1.54) is 18.2 Å². The fraction of sp³-hybridized carbons (Fsp3) is 0.444. The summed E-state index contributed by atoms with van der Waals surface area (Å²) in [5.74, 6) is 0.383. The van der Waals surface area contributed by atoms with Gasteiger partial charge in [-0.05, 0) is 125 Å². The molecule has 1 spiro atoms. The maximum Gasteiger partial charge on any atom is 0.327 e. The van der Waals surface area contributed by atoms with E-state index in [-0.39, 0.29) is 29.1 Å². The molecule has 12 nitrogen and oxygen atoms in total. The van der Waals surface area contributed by atoms with Crippen LogP contribution in [0.4, 0.5) is 25.1 Å². The summed E-state index contributed by atoms with van der Waals surface area (Å²) in [5, 5.41) is 18.0. The number of aryl methyl sites for hydroxylation is 1. The van der Waals surface area contributed by atoms with Gasteiger partial charge in [-0.2, -0.15) is 10.4 Å². The quantitative estimate of drug-likeness (QED) is 0.131. The van der Waals surface area contributed by atoms with Crippen LogP contribution in [-0.2, 0) is 7.05 Å². The van der Waals surface area contributed by atoms with Gasteiger partial charge in [0.05, 0.1) is 27.9 Å². The Hall–Kier alpha value is -5.30. The van der Waals surface area contributed by atoms with Crippen LogP contribution in [-0.4, -0.2) is 74.3 Å². The van der Waals surface area contributed by atoms with E-state index in [0.29, 0.717) is 64.2 Å². The zero-order chi connectivity index (χ0) is 41.7. The van der Waals surface area contributed by atoms with Crippen molar-refractivity contribution in [2.45, 2.75) is 82.6 Å². The topological polar surface area (TPSA) is 127 Å². The minimum absolute atomic E-state index is 0.0914. The van der Waals surface area contributed by atoms with Gasteiger partial charge >= 0.3 is 6.03 Å². The lowest BCUT2D eigenvalue weighted by atomic mass is 9.56. The molecule has 5 aromatic rings. The van der Waals surface area contributed by atoms with Gasteiger partial charge in [0.25, 0.3) is 0 Å². The number of urea groups is 1. The number of hydrogen-bond donors (Lipinski definition) is 2. The number of hydrogen-bond acceptors (Lipinski definition) is 10. The molecule has 9 rings (SSSR count). The number of carbonyl (C=O) groups is 1. The summed E-state index contributed by atoms with van der Waals surface area (Å²) in [5.41, 5.74) is 5.51. The van der Waals surface area contributed by atoms with Gasteiger partial charge in [0.15, 0.2) is 17.4 Å². The first-order chi connectivity index (χ1) is 29.0. The molecule has 4 fully saturated rings. The van der Waals surface area contributed by atoms with Crippen LogP contribution in [0, 0.1) is 28.4 Å². The normalized spacial score (nSPS) is 21.1. The van der Waals surface area contributed by atoms with E-state index in [1.54, 1.807) is 33.8 Å². The Kier molecular flexibility index (Phi) is 10.9. The fourth-order valence-electron chi connectivity index (χ4n) is 9.77. The predicted octanol–water partition coefficient (Wildman–Crippen LogP) is 9.50. The molecule has 0 atom stereocenters. The smallest absolute Gasteiger partial charge is 0.327 e. The Morgan fingerprint density at radius 3 is 2.57 bits per heavy atom. The lowest BCUT2D eigenvalue weighted by Gasteiger charge is -2.53. The van der Waals surface area contributed by atoms with Crippen molar-refractivity contribution in [1.82, 2.24) is 34.3 Å². The number of likely N-dealkylation sites (tertiary alicyclic amines) is 1. The SMILES string of the molecule is C=C1CCN(c2nn(C)c3cc(C4CCC(N5CCC6(CC5)CC(c5cnc7ccc(Oc8c(F)ccc(NSN(C)CC)c8C#N)cc7n5)C6)CC4)c(F)cc23)C(=O)N1. The maximum absolute atomic E-state index is 15.8. The van der Waals surface area contributed by atoms with E-state index in [4.69, 9.17) is 14.7 Å². The number of halogens is 2. The first-order valence-electron chi connectivity index (χ1n) is 21.0. The lowest BCUT2D eigenvalue weighted by Crippen LogP contribution is -2.50. The minimum atomic E-state index is -0.618. The first-order valence-corrected chi connectivity index (χ1v) is 21.8. The van der Waals surface area contributed by atoms with Crippen molar-refractivity contribution < 1.29 is 18.3 Å². The first kappa shape index (κ1) is 40.1. The Bertz CT molecular complexity index is 2520. The van der Waals surface area contributed by atoms with Crippen LogP contribution in [0.3, 0.4) is 0 Å². The monoisotopic (exact) mass is 832 g/mol. The number of amides is 2. The molecule has 2 aliphatic carbocycles. The summed E-state index contributed by atoms with van der Waals surface area (Å²) in [6.45, 7) is 9.28. The Morgan fingerprint density at radius 1 is 1.05 bits per heavy atom. The average molecular weight is 833 g/mol. The third-order valence-corrected chi connectivity index (χ3v) is 14.3. The van der Waals surface area contributed by atoms with Gasteiger partial charge in [-0.15, -0.1) is 0 Å². The molecule has 4 aliphatic rings. The van der Waals surface area contributed by atoms with E-state index in [2.05, 4.69) is 32.7 Å². The molecule has 2 N–H and O–H groups in total. The molecule has 2 amide bonds. The number of nitrogens with one attached hydrogen (secondary N) is 2. The van der Waals surface area contributed by atoms with Gasteiger partial charge in [-0.1, -0.05) is 13.5 Å². The maximum atomic E-state index is 15.8. The van der Waals surface area contributed by atoms with Crippen molar-refractivity contribution in [2.24, 2.45) is 12.5 Å². The summed E-state index contributed by atoms with van der Waals surface area (Å²) in [4.78, 5) is 26.6. The van der Waals surface area contributed by atoms with Crippen LogP contribution >= 0.6 is 12.1 Å². The Balaban J connectivity index is 0.796. The Morgan fingerprint density at radius 2 is 1.83 bits per heavy atom. The molecule has 15 heteroatoms. The molecule has 0 radical (unpaired) electrons. The predicted molar refractivity (Wildman–Crippen MR) is 231 cm³/mol. The molecular weight excluding hydrogens is 783 g/mol. The highest BCUT2D eigenvalue weighted by atomic mass is 32.2. The van der Waals surface area contributed by atoms with Crippen LogP contribution < -0.4 is 19.7 Å². The number of nitriles is 1. The summed E-state index contributed by atoms with van der Waals surface area (Å²) in [6, 6.07) is 14.0. The van der Waals surface area contributed by atoms with Gasteiger partial charge in [0, 0.05) is 74.0 Å². The van der Waals surface area contributed by atoms with Crippen molar-refractivity contribution >= 4 is 51.6 Å². The van der Waals surface area contributed by atoms with E-state index in [0.717, 1.165) is 93.3 Å². The van der Waals surface area contributed by atoms with Crippen molar-refractivity contribution in [2.75, 3.05) is 42.8 Å². The molecule has 312 valence electrons. The number of piperidine rings is 1. The van der Waals surface area contributed by atoms with Crippen LogP contribution in [0.15, 0.2) is 60.9 Å². The van der Waals surface area contributed by atoms with Crippen molar-refractivity contribution in [3.63, 3.8) is 0 Å². The number of ether oxygens (including phenoxy) is 1. The second-order valence-electron chi connectivity index (χ2n) is 17.0. The van der Waals surface area contributed by atoms with E-state index in [9.17, 15) is 10.1 Å². The molecule has 2 aromatic heterocycles. The molecule has 2 saturated carbocycles. The summed E-state index contributed by atoms with van der Waals surface area (Å²) in [6.07, 6.45) is 11.0. The number of nitrogens with zero attached hydrogens (tertiary/aromatic N) is 8. The van der Waals surface area contributed by atoms with Gasteiger partial charge in [0.1, 0.15) is 23.2 Å². The zero-order valence-electron chi connectivity index (χ0n) is 34.3. The standard InChI is InChI=1S/C45H50F2N10O2S/c1-5-54(3)60-53-37-13-11-35(46)42(34(37)25-48)59-31-10-12-38-39(20-31)51-40(26-49-38)29-23-45(24-29)15-18-56(19-16-45)30-8-6-28(7-9-30)32-22-41-33(21-36(32)47)43(52-55(41)4)57-17-14-27(2)50-44(57)58/h10-13,20-22,26,28-30,53H,2,5-9,14-19,23-24H2,1,3-4H3,(H,50,58). The highest BCUT2D eigenvalue weighted by molar-refractivity contribution is 7.98. The van der Waals surface area contributed by atoms with Crippen LogP contribution in [0.2, 0.25) is 0 Å². The van der Waals surface area contributed by atoms with Crippen molar-refractivity contribution in [1.29, 1.82) is 5.26 Å². The number of rotatable bonds is 10. The highest BCUT2D eigenvalue weighted by Gasteiger charge is 2.47. The van der Waals surface area contributed by atoms with Gasteiger partial charge in [-0.3, -0.25) is 14.6 Å². The minimum Gasteiger partial charge on any atom is -0.453 e. The summed E-state index contributed by atoms with van der Waals surface area (Å²) >= 11 is 1.32. The number of fused-ring (bicyclic) bond motifs is 2. The van der Waals surface area contributed by atoms with Crippen LogP contribution in [0.5, 0.6) is 11.5 Å². The van der Waals surface area contributed by atoms with Gasteiger partial charge in [-0.25, -0.2) is 22.9 Å². The third kappa shape index (κ3) is 7.65. The zero-order valence-corrected chi connectivity index (χ0v) is 35.1. The molecule has 60 heavy (non-hydrogen) atoms. The lowest BCUT2D eigenvalue weighted by molar-refractivity contribution is -0.00675. The molecule has 0 unspecified atom stereocenters. The number of aromatic nitrogens is 4. The molecular formula is C45H50F2N10O2S. The average Bonchev–Trinajstić information content (AvgIpc) is 3.56. The van der Waals surface area contributed by atoms with Crippen LogP contribution in [0.1, 0.15) is 93.4 Å². The van der Waals surface area contributed by atoms with Crippen molar-refractivity contribution in [3.8, 4) is 17.6 Å². The molecule has 2 saturated heterocycles. The molecule has 2 aliphatic heterocycles. The number of benzene rings is 3. The Labute approximate surface area is 353 Å². The number of anilines is 2. The largest absolute Gasteiger partial charge is 0.453 e. The van der Waals surface area contributed by atoms with E-state index in [1.807, 2.05) is 43.7 Å². The fourth-order valence-corrected chi connectivity index (χ4v) is 10.3. The van der Waals surface area contributed by atoms with E-state index < -0.39 is 5.82 Å². The van der Waals surface area contributed by atoms with Crippen molar-refractivity contribution in [3.05, 3.63) is 89.4 Å². The number of carbonyl (C=O) groups excluding carboxylic acids is 1. The second-order valence-corrected chi connectivity index (χ2v) is 18.0. The summed E-state index contributed by atoms with van der Waals surface area (Å²) in [7, 11) is 3.77. The molecule has 0 bridgehead atoms. The van der Waals surface area contributed by atoms with E-state index >= 15 is 8.78 Å². The second kappa shape index (κ2) is 16.3. The third-order valence-electron chi connectivity index (χ3n) is 13.4. The molecule has 3 aromatic carbocycles.